The van der Waals surface area contributed by atoms with Crippen LogP contribution in [0.4, 0.5) is 10.1 Å². The number of hydrogen-bond donors (Lipinski definition) is 0. The molecule has 0 unspecified atom stereocenters. The van der Waals surface area contributed by atoms with Crippen LogP contribution >= 0.6 is 0 Å². The molecule has 126 valence electrons. The van der Waals surface area contributed by atoms with Crippen molar-refractivity contribution in [3.05, 3.63) is 75.9 Å². The summed E-state index contributed by atoms with van der Waals surface area (Å²) in [6.07, 6.45) is 1.41. The second-order valence-corrected chi connectivity index (χ2v) is 6.32. The number of para-hydroxylation sites is 1. The smallest absolute Gasteiger partial charge is 0.349 e. The van der Waals surface area contributed by atoms with Crippen LogP contribution in [0.3, 0.4) is 0 Å². The van der Waals surface area contributed by atoms with E-state index in [4.69, 9.17) is 4.42 Å². The molecule has 1 amide bonds. The number of carbonyl (C=O) groups is 1. The van der Waals surface area contributed by atoms with Crippen LogP contribution in [0.5, 0.6) is 0 Å². The Balaban J connectivity index is 1.84. The molecule has 1 aliphatic heterocycles. The first-order chi connectivity index (χ1) is 12.0. The molecule has 0 saturated carbocycles. The number of halogens is 1. The SMILES string of the molecule is C[C@H]1CCc2cc(F)ccc2N1C(=O)c1cc2ccccc2oc1=O. The Morgan fingerprint density at radius 1 is 1.20 bits per heavy atom. The molecule has 1 aliphatic rings. The van der Waals surface area contributed by atoms with Gasteiger partial charge >= 0.3 is 5.63 Å². The van der Waals surface area contributed by atoms with E-state index in [0.717, 1.165) is 5.56 Å². The maximum absolute atomic E-state index is 13.5. The Labute approximate surface area is 143 Å². The third kappa shape index (κ3) is 2.61. The first kappa shape index (κ1) is 15.6. The van der Waals surface area contributed by atoms with Crippen molar-refractivity contribution < 1.29 is 13.6 Å². The second-order valence-electron chi connectivity index (χ2n) is 6.32. The van der Waals surface area contributed by atoms with Gasteiger partial charge in [0.05, 0.1) is 0 Å². The average molecular weight is 337 g/mol. The van der Waals surface area contributed by atoms with Crippen LogP contribution in [0.1, 0.15) is 29.3 Å². The van der Waals surface area contributed by atoms with Crippen molar-refractivity contribution >= 4 is 22.6 Å². The van der Waals surface area contributed by atoms with Crippen LogP contribution in [0.15, 0.2) is 57.7 Å². The van der Waals surface area contributed by atoms with Gasteiger partial charge in [0.25, 0.3) is 5.91 Å². The maximum Gasteiger partial charge on any atom is 0.349 e. The molecule has 3 aromatic rings. The Hall–Kier alpha value is -2.95. The van der Waals surface area contributed by atoms with Gasteiger partial charge in [-0.2, -0.15) is 0 Å². The van der Waals surface area contributed by atoms with Crippen LogP contribution in [0.2, 0.25) is 0 Å². The normalized spacial score (nSPS) is 16.7. The molecule has 0 N–H and O–H groups in total. The van der Waals surface area contributed by atoms with Gasteiger partial charge in [-0.25, -0.2) is 9.18 Å². The number of nitrogens with zero attached hydrogens (tertiary/aromatic N) is 1. The summed E-state index contributed by atoms with van der Waals surface area (Å²) in [6.45, 7) is 1.92. The number of aryl methyl sites for hydroxylation is 1. The molecule has 2 aromatic carbocycles. The minimum atomic E-state index is -0.662. The van der Waals surface area contributed by atoms with Crippen LogP contribution in [-0.4, -0.2) is 11.9 Å². The van der Waals surface area contributed by atoms with Crippen LogP contribution in [-0.2, 0) is 6.42 Å². The van der Waals surface area contributed by atoms with Crippen molar-refractivity contribution in [1.29, 1.82) is 0 Å². The van der Waals surface area contributed by atoms with E-state index in [1.165, 1.54) is 12.1 Å². The topological polar surface area (TPSA) is 50.5 Å². The second kappa shape index (κ2) is 5.84. The summed E-state index contributed by atoms with van der Waals surface area (Å²) in [5.74, 6) is -0.745. The molecule has 0 saturated heterocycles. The lowest BCUT2D eigenvalue weighted by Crippen LogP contribution is -2.43. The lowest BCUT2D eigenvalue weighted by Gasteiger charge is -2.35. The van der Waals surface area contributed by atoms with Crippen LogP contribution in [0.25, 0.3) is 11.0 Å². The Morgan fingerprint density at radius 3 is 2.84 bits per heavy atom. The zero-order valence-corrected chi connectivity index (χ0v) is 13.7. The summed E-state index contributed by atoms with van der Waals surface area (Å²) in [7, 11) is 0. The highest BCUT2D eigenvalue weighted by molar-refractivity contribution is 6.08. The predicted molar refractivity (Wildman–Crippen MR) is 93.5 cm³/mol. The first-order valence-electron chi connectivity index (χ1n) is 8.19. The number of rotatable bonds is 1. The quantitative estimate of drug-likeness (QED) is 0.633. The summed E-state index contributed by atoms with van der Waals surface area (Å²) >= 11 is 0. The van der Waals surface area contributed by atoms with Gasteiger partial charge in [-0.1, -0.05) is 18.2 Å². The molecule has 4 nitrogen and oxygen atoms in total. The lowest BCUT2D eigenvalue weighted by atomic mass is 9.95. The maximum atomic E-state index is 13.5. The molecule has 0 bridgehead atoms. The van der Waals surface area contributed by atoms with Gasteiger partial charge in [-0.15, -0.1) is 0 Å². The van der Waals surface area contributed by atoms with Gasteiger partial charge in [0, 0.05) is 17.1 Å². The highest BCUT2D eigenvalue weighted by atomic mass is 19.1. The molecular weight excluding hydrogens is 321 g/mol. The molecule has 0 spiro atoms. The zero-order chi connectivity index (χ0) is 17.6. The number of amides is 1. The van der Waals surface area contributed by atoms with E-state index in [0.29, 0.717) is 29.5 Å². The Kier molecular flexibility index (Phi) is 3.64. The molecular formula is C20H16FNO3. The van der Waals surface area contributed by atoms with Gasteiger partial charge in [0.2, 0.25) is 0 Å². The summed E-state index contributed by atoms with van der Waals surface area (Å²) in [5.41, 5.74) is 1.19. The largest absolute Gasteiger partial charge is 0.422 e. The van der Waals surface area contributed by atoms with E-state index in [1.54, 1.807) is 35.2 Å². The molecule has 2 heterocycles. The molecule has 4 rings (SSSR count). The summed E-state index contributed by atoms with van der Waals surface area (Å²) in [4.78, 5) is 27.0. The standard InChI is InChI=1S/C20H16FNO3/c1-12-6-7-13-10-15(21)8-9-17(13)22(12)19(23)16-11-14-4-2-3-5-18(14)25-20(16)24/h2-5,8-12H,6-7H2,1H3/t12-/m0/s1. The van der Waals surface area contributed by atoms with Crippen molar-refractivity contribution in [2.45, 2.75) is 25.8 Å². The summed E-state index contributed by atoms with van der Waals surface area (Å²) in [6, 6.07) is 12.9. The highest BCUT2D eigenvalue weighted by Crippen LogP contribution is 2.32. The van der Waals surface area contributed by atoms with Gasteiger partial charge in [0.1, 0.15) is 17.0 Å². The van der Waals surface area contributed by atoms with E-state index in [-0.39, 0.29) is 17.4 Å². The highest BCUT2D eigenvalue weighted by Gasteiger charge is 2.31. The number of carbonyl (C=O) groups excluding carboxylic acids is 1. The zero-order valence-electron chi connectivity index (χ0n) is 13.7. The van der Waals surface area contributed by atoms with Crippen molar-refractivity contribution in [3.63, 3.8) is 0 Å². The van der Waals surface area contributed by atoms with E-state index >= 15 is 0 Å². The Morgan fingerprint density at radius 2 is 2.00 bits per heavy atom. The molecule has 0 fully saturated rings. The van der Waals surface area contributed by atoms with Gasteiger partial charge < -0.3 is 9.32 Å². The number of anilines is 1. The molecule has 0 radical (unpaired) electrons. The van der Waals surface area contributed by atoms with E-state index in [1.807, 2.05) is 13.0 Å². The van der Waals surface area contributed by atoms with Crippen molar-refractivity contribution in [2.75, 3.05) is 4.90 Å². The fourth-order valence-electron chi connectivity index (χ4n) is 3.37. The molecule has 1 aromatic heterocycles. The number of benzene rings is 2. The van der Waals surface area contributed by atoms with E-state index in [9.17, 15) is 14.0 Å². The summed E-state index contributed by atoms with van der Waals surface area (Å²) in [5, 5.41) is 0.689. The minimum Gasteiger partial charge on any atom is -0.422 e. The fourth-order valence-corrected chi connectivity index (χ4v) is 3.37. The lowest BCUT2D eigenvalue weighted by molar-refractivity contribution is 0.0971. The molecule has 5 heteroatoms. The van der Waals surface area contributed by atoms with Gasteiger partial charge in [-0.05, 0) is 55.7 Å². The first-order valence-corrected chi connectivity index (χ1v) is 8.19. The molecule has 25 heavy (non-hydrogen) atoms. The fraction of sp³-hybridized carbons (Fsp3) is 0.200. The van der Waals surface area contributed by atoms with Crippen molar-refractivity contribution in [1.82, 2.24) is 0 Å². The third-order valence-corrected chi connectivity index (χ3v) is 4.66. The van der Waals surface area contributed by atoms with E-state index < -0.39 is 11.5 Å². The van der Waals surface area contributed by atoms with Gasteiger partial charge in [-0.3, -0.25) is 4.79 Å². The number of hydrogen-bond acceptors (Lipinski definition) is 3. The van der Waals surface area contributed by atoms with E-state index in [2.05, 4.69) is 0 Å². The minimum absolute atomic E-state index is 0.0114. The monoisotopic (exact) mass is 337 g/mol. The van der Waals surface area contributed by atoms with Crippen molar-refractivity contribution in [2.24, 2.45) is 0 Å². The van der Waals surface area contributed by atoms with Gasteiger partial charge in [0.15, 0.2) is 0 Å². The predicted octanol–water partition coefficient (Wildman–Crippen LogP) is 3.91. The average Bonchev–Trinajstić information content (AvgIpc) is 2.60. The summed E-state index contributed by atoms with van der Waals surface area (Å²) < 4.78 is 18.8. The number of fused-ring (bicyclic) bond motifs is 2. The third-order valence-electron chi connectivity index (χ3n) is 4.66. The van der Waals surface area contributed by atoms with Crippen LogP contribution < -0.4 is 10.5 Å². The molecule has 1 atom stereocenters. The van der Waals surface area contributed by atoms with Crippen LogP contribution in [0, 0.1) is 5.82 Å². The Bertz CT molecular complexity index is 1040. The van der Waals surface area contributed by atoms with Crippen molar-refractivity contribution in [3.8, 4) is 0 Å². The molecule has 0 aliphatic carbocycles.